The van der Waals surface area contributed by atoms with Gasteiger partial charge in [0.25, 0.3) is 0 Å². The Morgan fingerprint density at radius 3 is 2.28 bits per heavy atom. The molecule has 0 aliphatic heterocycles. The third-order valence-corrected chi connectivity index (χ3v) is 3.23. The van der Waals surface area contributed by atoms with Gasteiger partial charge in [-0.05, 0) is 18.6 Å². The highest BCUT2D eigenvalue weighted by atomic mass is 35.5. The van der Waals surface area contributed by atoms with Crippen molar-refractivity contribution >= 4 is 23.2 Å². The van der Waals surface area contributed by atoms with Crippen molar-refractivity contribution < 1.29 is 4.74 Å². The van der Waals surface area contributed by atoms with Crippen LogP contribution in [0.4, 0.5) is 0 Å². The van der Waals surface area contributed by atoms with E-state index < -0.39 is 0 Å². The highest BCUT2D eigenvalue weighted by Crippen LogP contribution is 2.30. The molecule has 1 aromatic heterocycles. The largest absolute Gasteiger partial charge is 0.496 e. The molecule has 0 unspecified atom stereocenters. The van der Waals surface area contributed by atoms with Crippen LogP contribution in [0.5, 0.6) is 5.75 Å². The van der Waals surface area contributed by atoms with Gasteiger partial charge in [-0.2, -0.15) is 0 Å². The molecular weight excluding hydrogens is 271 g/mol. The Morgan fingerprint density at radius 1 is 1.11 bits per heavy atom. The minimum Gasteiger partial charge on any atom is -0.496 e. The molecule has 0 saturated carbocycles. The Bertz CT molecular complexity index is 550. The molecule has 3 nitrogen and oxygen atoms in total. The molecule has 0 saturated heterocycles. The number of rotatable bonds is 3. The molecular formula is C13H12Cl2N2O. The normalized spacial score (nSPS) is 10.4. The minimum absolute atomic E-state index is 0.387. The van der Waals surface area contributed by atoms with E-state index in [0.717, 1.165) is 11.1 Å². The van der Waals surface area contributed by atoms with E-state index in [9.17, 15) is 0 Å². The van der Waals surface area contributed by atoms with E-state index in [1.54, 1.807) is 7.11 Å². The Labute approximate surface area is 116 Å². The van der Waals surface area contributed by atoms with Crippen molar-refractivity contribution in [3.8, 4) is 17.1 Å². The summed E-state index contributed by atoms with van der Waals surface area (Å²) in [5.41, 5.74) is 1.53. The number of benzene rings is 1. The van der Waals surface area contributed by atoms with Crippen LogP contribution in [0.1, 0.15) is 12.5 Å². The number of nitrogens with zero attached hydrogens (tertiary/aromatic N) is 2. The second kappa shape index (κ2) is 5.55. The van der Waals surface area contributed by atoms with Crippen LogP contribution in [0.15, 0.2) is 24.3 Å². The molecule has 0 amide bonds. The predicted octanol–water partition coefficient (Wildman–Crippen LogP) is 4.02. The van der Waals surface area contributed by atoms with E-state index in [1.165, 1.54) is 0 Å². The molecule has 94 valence electrons. The number of aromatic nitrogens is 2. The molecule has 0 fully saturated rings. The zero-order chi connectivity index (χ0) is 13.1. The van der Waals surface area contributed by atoms with E-state index in [2.05, 4.69) is 9.97 Å². The predicted molar refractivity (Wildman–Crippen MR) is 73.4 cm³/mol. The van der Waals surface area contributed by atoms with E-state index in [-0.39, 0.29) is 0 Å². The summed E-state index contributed by atoms with van der Waals surface area (Å²) < 4.78 is 5.27. The highest BCUT2D eigenvalue weighted by molar-refractivity contribution is 6.34. The summed E-state index contributed by atoms with van der Waals surface area (Å²) in [4.78, 5) is 8.55. The lowest BCUT2D eigenvalue weighted by Crippen LogP contribution is -1.98. The van der Waals surface area contributed by atoms with Crippen LogP contribution >= 0.6 is 23.2 Å². The molecule has 2 rings (SSSR count). The van der Waals surface area contributed by atoms with Gasteiger partial charge in [0.15, 0.2) is 5.82 Å². The monoisotopic (exact) mass is 282 g/mol. The lowest BCUT2D eigenvalue weighted by atomic mass is 10.2. The van der Waals surface area contributed by atoms with Crippen molar-refractivity contribution in [1.82, 2.24) is 9.97 Å². The lowest BCUT2D eigenvalue weighted by molar-refractivity contribution is 0.416. The van der Waals surface area contributed by atoms with Gasteiger partial charge < -0.3 is 4.74 Å². The van der Waals surface area contributed by atoms with Crippen LogP contribution < -0.4 is 4.74 Å². The van der Waals surface area contributed by atoms with E-state index >= 15 is 0 Å². The summed E-state index contributed by atoms with van der Waals surface area (Å²) in [7, 11) is 1.60. The van der Waals surface area contributed by atoms with Crippen molar-refractivity contribution in [1.29, 1.82) is 0 Å². The molecule has 0 aliphatic rings. The van der Waals surface area contributed by atoms with Crippen molar-refractivity contribution in [3.63, 3.8) is 0 Å². The first-order valence-electron chi connectivity index (χ1n) is 5.52. The van der Waals surface area contributed by atoms with Crippen molar-refractivity contribution in [2.24, 2.45) is 0 Å². The van der Waals surface area contributed by atoms with Gasteiger partial charge in [-0.1, -0.05) is 42.3 Å². The summed E-state index contributed by atoms with van der Waals surface area (Å²) in [5, 5.41) is 0.775. The number of para-hydroxylation sites is 1. The Kier molecular flexibility index (Phi) is 4.04. The fourth-order valence-electron chi connectivity index (χ4n) is 1.67. The Hall–Kier alpha value is -1.32. The maximum Gasteiger partial charge on any atom is 0.166 e. The van der Waals surface area contributed by atoms with Crippen LogP contribution in [-0.4, -0.2) is 17.1 Å². The molecule has 1 heterocycles. The van der Waals surface area contributed by atoms with Crippen molar-refractivity contribution in [2.45, 2.75) is 13.3 Å². The van der Waals surface area contributed by atoms with Crippen molar-refractivity contribution in [3.05, 3.63) is 40.1 Å². The third-order valence-electron chi connectivity index (χ3n) is 2.61. The standard InChI is InChI=1S/C13H12Cl2N2O/c1-3-8-11(14)16-13(17-12(8)15)9-6-4-5-7-10(9)18-2/h4-7H,3H2,1-2H3. The van der Waals surface area contributed by atoms with Gasteiger partial charge in [0.2, 0.25) is 0 Å². The molecule has 2 aromatic rings. The maximum atomic E-state index is 6.10. The number of ether oxygens (including phenoxy) is 1. The zero-order valence-electron chi connectivity index (χ0n) is 10.1. The Balaban J connectivity index is 2.58. The van der Waals surface area contributed by atoms with Crippen LogP contribution in [-0.2, 0) is 6.42 Å². The minimum atomic E-state index is 0.387. The van der Waals surface area contributed by atoms with Gasteiger partial charge in [0.05, 0.1) is 12.7 Å². The van der Waals surface area contributed by atoms with Crippen LogP contribution in [0.3, 0.4) is 0 Å². The topological polar surface area (TPSA) is 35.0 Å². The third kappa shape index (κ3) is 2.42. The van der Waals surface area contributed by atoms with Crippen molar-refractivity contribution in [2.75, 3.05) is 7.11 Å². The quantitative estimate of drug-likeness (QED) is 0.798. The molecule has 1 aromatic carbocycles. The number of hydrogen-bond acceptors (Lipinski definition) is 3. The average Bonchev–Trinajstić information content (AvgIpc) is 2.38. The summed E-state index contributed by atoms with van der Waals surface area (Å²) in [5.74, 6) is 1.16. The van der Waals surface area contributed by atoms with Gasteiger partial charge in [-0.25, -0.2) is 9.97 Å². The molecule has 0 spiro atoms. The molecule has 0 atom stereocenters. The van der Waals surface area contributed by atoms with Gasteiger partial charge in [-0.3, -0.25) is 0 Å². The SMILES string of the molecule is CCc1c(Cl)nc(-c2ccccc2OC)nc1Cl. The molecule has 0 aliphatic carbocycles. The second-order valence-electron chi connectivity index (χ2n) is 3.66. The number of halogens is 2. The number of methoxy groups -OCH3 is 1. The smallest absolute Gasteiger partial charge is 0.166 e. The fraction of sp³-hybridized carbons (Fsp3) is 0.231. The maximum absolute atomic E-state index is 6.10. The molecule has 0 radical (unpaired) electrons. The van der Waals surface area contributed by atoms with Crippen LogP contribution in [0.2, 0.25) is 10.3 Å². The fourth-order valence-corrected chi connectivity index (χ4v) is 2.33. The Morgan fingerprint density at radius 2 is 1.72 bits per heavy atom. The average molecular weight is 283 g/mol. The van der Waals surface area contributed by atoms with E-state index in [0.29, 0.717) is 28.3 Å². The first-order valence-corrected chi connectivity index (χ1v) is 6.28. The van der Waals surface area contributed by atoms with Gasteiger partial charge in [0.1, 0.15) is 16.1 Å². The van der Waals surface area contributed by atoms with E-state index in [1.807, 2.05) is 31.2 Å². The summed E-state index contributed by atoms with van der Waals surface area (Å²) in [6, 6.07) is 7.48. The van der Waals surface area contributed by atoms with Gasteiger partial charge in [-0.15, -0.1) is 0 Å². The first kappa shape index (κ1) is 13.1. The lowest BCUT2D eigenvalue weighted by Gasteiger charge is -2.09. The van der Waals surface area contributed by atoms with E-state index in [4.69, 9.17) is 27.9 Å². The summed E-state index contributed by atoms with van der Waals surface area (Å²) in [6.45, 7) is 1.96. The van der Waals surface area contributed by atoms with Crippen LogP contribution in [0.25, 0.3) is 11.4 Å². The van der Waals surface area contributed by atoms with Gasteiger partial charge in [0, 0.05) is 5.56 Å². The first-order chi connectivity index (χ1) is 8.67. The number of hydrogen-bond donors (Lipinski definition) is 0. The summed E-state index contributed by atoms with van der Waals surface area (Å²) in [6.07, 6.45) is 0.698. The van der Waals surface area contributed by atoms with Gasteiger partial charge >= 0.3 is 0 Å². The zero-order valence-corrected chi connectivity index (χ0v) is 11.6. The second-order valence-corrected chi connectivity index (χ2v) is 4.38. The molecule has 5 heteroatoms. The summed E-state index contributed by atoms with van der Waals surface area (Å²) >= 11 is 12.2. The molecule has 0 bridgehead atoms. The highest BCUT2D eigenvalue weighted by Gasteiger charge is 2.13. The molecule has 18 heavy (non-hydrogen) atoms. The van der Waals surface area contributed by atoms with Crippen LogP contribution in [0, 0.1) is 0 Å². The molecule has 0 N–H and O–H groups in total.